The molecule has 2 N–H and O–H groups in total. The quantitative estimate of drug-likeness (QED) is 0.873. The summed E-state index contributed by atoms with van der Waals surface area (Å²) in [6, 6.07) is 5.61. The number of rotatable bonds is 4. The fourth-order valence-corrected chi connectivity index (χ4v) is 3.05. The van der Waals surface area contributed by atoms with Crippen molar-refractivity contribution in [1.82, 2.24) is 4.98 Å². The summed E-state index contributed by atoms with van der Waals surface area (Å²) in [4.78, 5) is 3.70. The van der Waals surface area contributed by atoms with Gasteiger partial charge in [0.05, 0.1) is 16.3 Å². The number of aromatic nitrogens is 1. The Bertz CT molecular complexity index is 733. The van der Waals surface area contributed by atoms with E-state index in [1.807, 2.05) is 0 Å². The number of benzene rings is 1. The normalized spacial score (nSPS) is 11.6. The summed E-state index contributed by atoms with van der Waals surface area (Å²) < 4.78 is 50.2. The number of hydrogen-bond acceptors (Lipinski definition) is 4. The Labute approximate surface area is 115 Å². The van der Waals surface area contributed by atoms with E-state index in [0.717, 1.165) is 12.1 Å². The third kappa shape index (κ3) is 3.17. The van der Waals surface area contributed by atoms with E-state index in [9.17, 15) is 17.2 Å². The zero-order valence-electron chi connectivity index (χ0n) is 10.4. The smallest absolute Gasteiger partial charge is 0.182 e. The molecule has 0 spiro atoms. The van der Waals surface area contributed by atoms with E-state index < -0.39 is 21.5 Å². The molecule has 0 saturated heterocycles. The number of nitrogens with two attached hydrogens (primary N) is 1. The first-order chi connectivity index (χ1) is 9.42. The molecule has 0 amide bonds. The van der Waals surface area contributed by atoms with E-state index in [-0.39, 0.29) is 17.2 Å². The van der Waals surface area contributed by atoms with Crippen LogP contribution in [0.3, 0.4) is 0 Å². The lowest BCUT2D eigenvalue weighted by Gasteiger charge is -2.06. The Balaban J connectivity index is 2.32. The molecular formula is C13H12F2N2O2S. The molecule has 0 saturated carbocycles. The average Bonchev–Trinajstić information content (AvgIpc) is 2.41. The van der Waals surface area contributed by atoms with Crippen LogP contribution in [-0.2, 0) is 22.1 Å². The Morgan fingerprint density at radius 3 is 2.50 bits per heavy atom. The second-order valence-corrected chi connectivity index (χ2v) is 6.18. The Kier molecular flexibility index (Phi) is 4.10. The third-order valence-corrected chi connectivity index (χ3v) is 4.38. The molecule has 1 heterocycles. The molecule has 0 fully saturated rings. The minimum atomic E-state index is -3.75. The molecule has 0 aliphatic rings. The number of halogens is 2. The molecule has 2 aromatic rings. The summed E-state index contributed by atoms with van der Waals surface area (Å²) in [5, 5.41) is 0. The van der Waals surface area contributed by atoms with Crippen LogP contribution in [0.5, 0.6) is 0 Å². The molecule has 0 bridgehead atoms. The maximum Gasteiger partial charge on any atom is 0.182 e. The molecular weight excluding hydrogens is 286 g/mol. The molecule has 0 aliphatic carbocycles. The fraction of sp³-hybridized carbons (Fsp3) is 0.154. The second-order valence-electron chi connectivity index (χ2n) is 4.19. The SMILES string of the molecule is NCc1cc(CS(=O)(=O)c2ccc(F)c(F)c2)ccn1. The largest absolute Gasteiger partial charge is 0.325 e. The van der Waals surface area contributed by atoms with Gasteiger partial charge in [-0.25, -0.2) is 17.2 Å². The van der Waals surface area contributed by atoms with Gasteiger partial charge in [-0.3, -0.25) is 4.98 Å². The van der Waals surface area contributed by atoms with Gasteiger partial charge in [0.15, 0.2) is 21.5 Å². The number of hydrogen-bond donors (Lipinski definition) is 1. The summed E-state index contributed by atoms with van der Waals surface area (Å²) in [5.41, 5.74) is 6.48. The van der Waals surface area contributed by atoms with Gasteiger partial charge in [0.25, 0.3) is 0 Å². The van der Waals surface area contributed by atoms with Crippen molar-refractivity contribution in [1.29, 1.82) is 0 Å². The van der Waals surface area contributed by atoms with Crippen LogP contribution in [0.2, 0.25) is 0 Å². The van der Waals surface area contributed by atoms with Crippen LogP contribution >= 0.6 is 0 Å². The van der Waals surface area contributed by atoms with E-state index in [0.29, 0.717) is 17.3 Å². The highest BCUT2D eigenvalue weighted by Crippen LogP contribution is 2.19. The van der Waals surface area contributed by atoms with Gasteiger partial charge in [-0.15, -0.1) is 0 Å². The molecule has 0 atom stereocenters. The minimum Gasteiger partial charge on any atom is -0.325 e. The molecule has 106 valence electrons. The van der Waals surface area contributed by atoms with E-state index >= 15 is 0 Å². The highest BCUT2D eigenvalue weighted by molar-refractivity contribution is 7.90. The molecule has 4 nitrogen and oxygen atoms in total. The van der Waals surface area contributed by atoms with Crippen LogP contribution in [0.1, 0.15) is 11.3 Å². The molecule has 1 aromatic carbocycles. The van der Waals surface area contributed by atoms with Gasteiger partial charge in [-0.1, -0.05) is 0 Å². The molecule has 0 unspecified atom stereocenters. The first-order valence-corrected chi connectivity index (χ1v) is 7.39. The zero-order chi connectivity index (χ0) is 14.8. The van der Waals surface area contributed by atoms with Gasteiger partial charge < -0.3 is 5.73 Å². The van der Waals surface area contributed by atoms with Crippen molar-refractivity contribution in [3.63, 3.8) is 0 Å². The molecule has 1 aromatic heterocycles. The van der Waals surface area contributed by atoms with Crippen molar-refractivity contribution in [2.24, 2.45) is 5.73 Å². The van der Waals surface area contributed by atoms with Gasteiger partial charge in [-0.2, -0.15) is 0 Å². The minimum absolute atomic E-state index is 0.194. The summed E-state index contributed by atoms with van der Waals surface area (Å²) >= 11 is 0. The molecule has 0 radical (unpaired) electrons. The van der Waals surface area contributed by atoms with E-state index in [1.54, 1.807) is 6.07 Å². The summed E-state index contributed by atoms with van der Waals surface area (Å²) in [6.07, 6.45) is 1.46. The van der Waals surface area contributed by atoms with Gasteiger partial charge in [0.2, 0.25) is 0 Å². The van der Waals surface area contributed by atoms with E-state index in [4.69, 9.17) is 5.73 Å². The van der Waals surface area contributed by atoms with Gasteiger partial charge in [0, 0.05) is 12.7 Å². The standard InChI is InChI=1S/C13H12F2N2O2S/c14-12-2-1-11(6-13(12)15)20(18,19)8-9-3-4-17-10(5-9)7-16/h1-6H,7-8,16H2. The molecule has 7 heteroatoms. The van der Waals surface area contributed by atoms with Crippen LogP contribution in [-0.4, -0.2) is 13.4 Å². The number of nitrogens with zero attached hydrogens (tertiary/aromatic N) is 1. The second kappa shape index (κ2) is 5.64. The lowest BCUT2D eigenvalue weighted by Crippen LogP contribution is -2.07. The molecule has 0 aliphatic heterocycles. The Morgan fingerprint density at radius 2 is 1.85 bits per heavy atom. The van der Waals surface area contributed by atoms with Crippen molar-refractivity contribution >= 4 is 9.84 Å². The van der Waals surface area contributed by atoms with Gasteiger partial charge in [0.1, 0.15) is 0 Å². The number of sulfone groups is 1. The van der Waals surface area contributed by atoms with Crippen LogP contribution in [0.15, 0.2) is 41.4 Å². The predicted molar refractivity (Wildman–Crippen MR) is 69.4 cm³/mol. The predicted octanol–water partition coefficient (Wildman–Crippen LogP) is 1.79. The van der Waals surface area contributed by atoms with Crippen molar-refractivity contribution in [3.8, 4) is 0 Å². The van der Waals surface area contributed by atoms with Crippen molar-refractivity contribution in [2.75, 3.05) is 0 Å². The topological polar surface area (TPSA) is 73.1 Å². The fourth-order valence-electron chi connectivity index (χ4n) is 1.70. The Morgan fingerprint density at radius 1 is 1.10 bits per heavy atom. The monoisotopic (exact) mass is 298 g/mol. The molecule has 2 rings (SSSR count). The molecule has 20 heavy (non-hydrogen) atoms. The Hall–Kier alpha value is -1.86. The van der Waals surface area contributed by atoms with Crippen molar-refractivity contribution in [3.05, 3.63) is 59.4 Å². The summed E-state index contributed by atoms with van der Waals surface area (Å²) in [5.74, 6) is -2.60. The lowest BCUT2D eigenvalue weighted by atomic mass is 10.2. The van der Waals surface area contributed by atoms with Crippen LogP contribution < -0.4 is 5.73 Å². The van der Waals surface area contributed by atoms with Crippen molar-refractivity contribution < 1.29 is 17.2 Å². The van der Waals surface area contributed by atoms with E-state index in [2.05, 4.69) is 4.98 Å². The zero-order valence-corrected chi connectivity index (χ0v) is 11.2. The highest BCUT2D eigenvalue weighted by atomic mass is 32.2. The van der Waals surface area contributed by atoms with Crippen LogP contribution in [0, 0.1) is 11.6 Å². The summed E-state index contributed by atoms with van der Waals surface area (Å²) in [6.45, 7) is 0.194. The van der Waals surface area contributed by atoms with Crippen molar-refractivity contribution in [2.45, 2.75) is 17.2 Å². The first kappa shape index (κ1) is 14.5. The van der Waals surface area contributed by atoms with Crippen LogP contribution in [0.25, 0.3) is 0 Å². The van der Waals surface area contributed by atoms with Crippen LogP contribution in [0.4, 0.5) is 8.78 Å². The third-order valence-electron chi connectivity index (χ3n) is 2.70. The van der Waals surface area contributed by atoms with Gasteiger partial charge >= 0.3 is 0 Å². The first-order valence-electron chi connectivity index (χ1n) is 5.74. The highest BCUT2D eigenvalue weighted by Gasteiger charge is 2.17. The summed E-state index contributed by atoms with van der Waals surface area (Å²) in [7, 11) is -3.75. The maximum atomic E-state index is 13.1. The van der Waals surface area contributed by atoms with E-state index in [1.165, 1.54) is 12.3 Å². The average molecular weight is 298 g/mol. The van der Waals surface area contributed by atoms with Gasteiger partial charge in [-0.05, 0) is 35.9 Å². The number of pyridine rings is 1. The lowest BCUT2D eigenvalue weighted by molar-refractivity contribution is 0.504. The maximum absolute atomic E-state index is 13.1.